The Balaban J connectivity index is 1.52. The number of allylic oxidation sites excluding steroid dienone is 1. The summed E-state index contributed by atoms with van der Waals surface area (Å²) < 4.78 is 17.2. The van der Waals surface area contributed by atoms with Crippen molar-refractivity contribution in [2.45, 2.75) is 57.8 Å². The van der Waals surface area contributed by atoms with E-state index in [2.05, 4.69) is 19.6 Å². The van der Waals surface area contributed by atoms with Gasteiger partial charge in [0.15, 0.2) is 0 Å². The van der Waals surface area contributed by atoms with E-state index in [4.69, 9.17) is 19.9 Å². The molecule has 2 aromatic carbocycles. The number of fused-ring (bicyclic) bond motifs is 1. The van der Waals surface area contributed by atoms with Crippen LogP contribution in [0.2, 0.25) is 0 Å². The molecule has 36 heavy (non-hydrogen) atoms. The first-order valence-corrected chi connectivity index (χ1v) is 12.8. The van der Waals surface area contributed by atoms with Gasteiger partial charge in [0, 0.05) is 11.6 Å². The number of esters is 1. The average Bonchev–Trinajstić information content (AvgIpc) is 2.90. The molecule has 1 unspecified atom stereocenters. The van der Waals surface area contributed by atoms with Crippen LogP contribution in [0.25, 0.3) is 0 Å². The minimum Gasteiger partial charge on any atom is -0.490 e. The number of carbonyl (C=O) groups excluding carboxylic acids is 1. The van der Waals surface area contributed by atoms with Crippen LogP contribution in [-0.4, -0.2) is 12.6 Å². The molecule has 6 nitrogen and oxygen atoms in total. The number of hydrogen-bond donors (Lipinski definition) is 1. The third-order valence-electron chi connectivity index (χ3n) is 7.11. The van der Waals surface area contributed by atoms with Gasteiger partial charge in [-0.25, -0.2) is 0 Å². The van der Waals surface area contributed by atoms with Gasteiger partial charge in [-0.15, -0.1) is 0 Å². The Kier molecular flexibility index (Phi) is 8.32. The first-order valence-electron chi connectivity index (χ1n) is 12.8. The Hall–Kier alpha value is -3.72. The molecule has 0 aromatic heterocycles. The van der Waals surface area contributed by atoms with Crippen molar-refractivity contribution in [1.82, 2.24) is 0 Å². The van der Waals surface area contributed by atoms with E-state index in [-0.39, 0.29) is 17.8 Å². The van der Waals surface area contributed by atoms with Crippen molar-refractivity contribution in [2.24, 2.45) is 17.6 Å². The summed E-state index contributed by atoms with van der Waals surface area (Å²) in [5, 5.41) is 9.83. The summed E-state index contributed by atoms with van der Waals surface area (Å²) in [6, 6.07) is 15.0. The molecule has 1 heterocycles. The Morgan fingerprint density at radius 1 is 1.19 bits per heavy atom. The highest BCUT2D eigenvalue weighted by atomic mass is 16.5. The van der Waals surface area contributed by atoms with E-state index in [0.29, 0.717) is 29.4 Å². The van der Waals surface area contributed by atoms with Crippen LogP contribution in [0.1, 0.15) is 68.9 Å². The van der Waals surface area contributed by atoms with Crippen LogP contribution in [-0.2, 0) is 4.79 Å². The van der Waals surface area contributed by atoms with Crippen LogP contribution in [0, 0.1) is 23.2 Å². The van der Waals surface area contributed by atoms with Gasteiger partial charge in [0.2, 0.25) is 5.88 Å². The molecule has 1 atom stereocenters. The van der Waals surface area contributed by atoms with Gasteiger partial charge < -0.3 is 19.9 Å². The summed E-state index contributed by atoms with van der Waals surface area (Å²) in [7, 11) is 0. The minimum absolute atomic E-state index is 0.0429. The molecular weight excluding hydrogens is 452 g/mol. The van der Waals surface area contributed by atoms with Crippen LogP contribution in [0.15, 0.2) is 66.6 Å². The smallest absolute Gasteiger partial charge is 0.314 e. The van der Waals surface area contributed by atoms with Gasteiger partial charge in [-0.05, 0) is 55.4 Å². The molecular formula is C30H34N2O4. The third-order valence-corrected chi connectivity index (χ3v) is 7.11. The van der Waals surface area contributed by atoms with Crippen molar-refractivity contribution in [3.63, 3.8) is 0 Å². The van der Waals surface area contributed by atoms with Crippen molar-refractivity contribution in [3.8, 4) is 23.3 Å². The topological polar surface area (TPSA) is 94.6 Å². The summed E-state index contributed by atoms with van der Waals surface area (Å²) in [4.78, 5) is 12.9. The number of ether oxygens (including phenoxy) is 3. The maximum absolute atomic E-state index is 12.9. The van der Waals surface area contributed by atoms with Crippen LogP contribution < -0.4 is 19.9 Å². The lowest BCUT2D eigenvalue weighted by molar-refractivity contribution is -0.140. The number of hydrogen-bond acceptors (Lipinski definition) is 6. The van der Waals surface area contributed by atoms with Crippen molar-refractivity contribution < 1.29 is 19.0 Å². The molecule has 2 N–H and O–H groups in total. The number of benzene rings is 2. The predicted octanol–water partition coefficient (Wildman–Crippen LogP) is 6.37. The predicted molar refractivity (Wildman–Crippen MR) is 138 cm³/mol. The van der Waals surface area contributed by atoms with E-state index in [1.807, 2.05) is 30.3 Å². The van der Waals surface area contributed by atoms with E-state index in [1.54, 1.807) is 18.2 Å². The fourth-order valence-electron chi connectivity index (χ4n) is 5.16. The summed E-state index contributed by atoms with van der Waals surface area (Å²) in [6.45, 7) is 6.28. The molecule has 4 rings (SSSR count). The second-order valence-electron chi connectivity index (χ2n) is 9.58. The van der Waals surface area contributed by atoms with Crippen molar-refractivity contribution in [2.75, 3.05) is 6.61 Å². The maximum Gasteiger partial charge on any atom is 0.314 e. The van der Waals surface area contributed by atoms with Crippen LogP contribution in [0.3, 0.4) is 0 Å². The van der Waals surface area contributed by atoms with Crippen LogP contribution in [0.5, 0.6) is 17.2 Å². The van der Waals surface area contributed by atoms with Gasteiger partial charge in [0.1, 0.15) is 35.5 Å². The number of nitrogens with zero attached hydrogens (tertiary/aromatic N) is 1. The molecule has 2 aromatic rings. The summed E-state index contributed by atoms with van der Waals surface area (Å²) in [5.74, 6) is 1.66. The maximum atomic E-state index is 12.9. The second kappa shape index (κ2) is 11.8. The molecule has 0 saturated heterocycles. The largest absolute Gasteiger partial charge is 0.490 e. The zero-order chi connectivity index (χ0) is 25.5. The van der Waals surface area contributed by atoms with E-state index in [1.165, 1.54) is 19.3 Å². The highest BCUT2D eigenvalue weighted by molar-refractivity contribution is 5.75. The normalized spacial score (nSPS) is 21.1. The lowest BCUT2D eigenvalue weighted by Gasteiger charge is -2.28. The molecule has 1 aliphatic heterocycles. The molecule has 1 fully saturated rings. The second-order valence-corrected chi connectivity index (χ2v) is 9.58. The Labute approximate surface area is 213 Å². The quantitative estimate of drug-likeness (QED) is 0.251. The van der Waals surface area contributed by atoms with Crippen LogP contribution >= 0.6 is 0 Å². The number of carbonyl (C=O) groups is 1. The number of nitrogens with two attached hydrogens (primary N) is 1. The average molecular weight is 487 g/mol. The monoisotopic (exact) mass is 486 g/mol. The molecule has 2 aliphatic rings. The van der Waals surface area contributed by atoms with E-state index >= 15 is 0 Å². The molecule has 1 saturated carbocycles. The van der Waals surface area contributed by atoms with Gasteiger partial charge in [-0.2, -0.15) is 5.26 Å². The van der Waals surface area contributed by atoms with E-state index in [0.717, 1.165) is 42.7 Å². The number of nitriles is 1. The summed E-state index contributed by atoms with van der Waals surface area (Å²) in [5.41, 5.74) is 8.10. The molecule has 1 aliphatic carbocycles. The lowest BCUT2D eigenvalue weighted by atomic mass is 9.80. The minimum atomic E-state index is -0.422. The lowest BCUT2D eigenvalue weighted by Crippen LogP contribution is -2.26. The Bertz CT molecular complexity index is 1170. The van der Waals surface area contributed by atoms with Gasteiger partial charge >= 0.3 is 5.97 Å². The first kappa shape index (κ1) is 25.4. The number of unbranched alkanes of at least 4 members (excludes halogenated alkanes) is 1. The SMILES string of the molecule is C=CCOc1cccc(C2C(C#N)=C(N)Oc3cc(OC(=O)C4CCC(CCCC)CC4)ccc32)c1. The zero-order valence-electron chi connectivity index (χ0n) is 20.9. The molecule has 0 amide bonds. The van der Waals surface area contributed by atoms with E-state index < -0.39 is 5.92 Å². The van der Waals surface area contributed by atoms with Crippen molar-refractivity contribution in [1.29, 1.82) is 5.26 Å². The van der Waals surface area contributed by atoms with Crippen LogP contribution in [0.4, 0.5) is 0 Å². The van der Waals surface area contributed by atoms with Crippen molar-refractivity contribution >= 4 is 5.97 Å². The summed E-state index contributed by atoms with van der Waals surface area (Å²) in [6.07, 6.45) is 9.33. The van der Waals surface area contributed by atoms with E-state index in [9.17, 15) is 10.1 Å². The molecule has 0 radical (unpaired) electrons. The van der Waals surface area contributed by atoms with Gasteiger partial charge in [-0.3, -0.25) is 4.79 Å². The standard InChI is InChI=1S/C30H34N2O4/c1-3-5-7-20-10-12-21(13-11-20)30(33)35-24-14-15-25-27(18-24)36-29(32)26(19-31)28(25)22-8-6-9-23(17-22)34-16-4-2/h4,6,8-9,14-15,17-18,20-21,28H,2-3,5,7,10-13,16,32H2,1H3. The first-order chi connectivity index (χ1) is 17.5. The van der Waals surface area contributed by atoms with Gasteiger partial charge in [-0.1, -0.05) is 57.0 Å². The molecule has 6 heteroatoms. The third kappa shape index (κ3) is 5.73. The number of rotatable bonds is 9. The Morgan fingerprint density at radius 3 is 2.72 bits per heavy atom. The fraction of sp³-hybridized carbons (Fsp3) is 0.400. The zero-order valence-corrected chi connectivity index (χ0v) is 20.9. The molecule has 0 spiro atoms. The highest BCUT2D eigenvalue weighted by Crippen LogP contribution is 2.44. The van der Waals surface area contributed by atoms with Crippen molar-refractivity contribution in [3.05, 3.63) is 77.7 Å². The molecule has 0 bridgehead atoms. The van der Waals surface area contributed by atoms with Gasteiger partial charge in [0.05, 0.1) is 11.8 Å². The summed E-state index contributed by atoms with van der Waals surface area (Å²) >= 11 is 0. The fourth-order valence-corrected chi connectivity index (χ4v) is 5.16. The Morgan fingerprint density at radius 2 is 2.00 bits per heavy atom. The highest BCUT2D eigenvalue weighted by Gasteiger charge is 2.32. The molecule has 188 valence electrons. The van der Waals surface area contributed by atoms with Gasteiger partial charge in [0.25, 0.3) is 0 Å².